The molecule has 1 aromatic rings. The van der Waals surface area contributed by atoms with E-state index >= 15 is 0 Å². The lowest BCUT2D eigenvalue weighted by Gasteiger charge is -1.93. The quantitative estimate of drug-likeness (QED) is 0.451. The summed E-state index contributed by atoms with van der Waals surface area (Å²) in [5.41, 5.74) is 6.08. The minimum absolute atomic E-state index is 0.346. The predicted octanol–water partition coefficient (Wildman–Crippen LogP) is 0.698. The molecule has 0 aromatic carbocycles. The maximum atomic E-state index is 10.5. The third-order valence-corrected chi connectivity index (χ3v) is 2.35. The molecule has 0 radical (unpaired) electrons. The molecule has 1 aromatic heterocycles. The summed E-state index contributed by atoms with van der Waals surface area (Å²) in [5, 5.41) is 13.6. The molecule has 1 heterocycles. The van der Waals surface area contributed by atoms with E-state index in [1.165, 1.54) is 17.4 Å². The molecular formula is C8H7N3O2S. The summed E-state index contributed by atoms with van der Waals surface area (Å²) < 4.78 is 0. The lowest BCUT2D eigenvalue weighted by Crippen LogP contribution is -2.23. The molecule has 0 aliphatic heterocycles. The Bertz CT molecular complexity index is 426. The highest BCUT2D eigenvalue weighted by Crippen LogP contribution is 2.18. The third kappa shape index (κ3) is 2.62. The summed E-state index contributed by atoms with van der Waals surface area (Å²) in [5.74, 6) is -1.44. The van der Waals surface area contributed by atoms with Crippen molar-refractivity contribution in [3.05, 3.63) is 27.6 Å². The van der Waals surface area contributed by atoms with Crippen molar-refractivity contribution in [2.45, 2.75) is 6.92 Å². The molecule has 0 fully saturated rings. The highest BCUT2D eigenvalue weighted by molar-refractivity contribution is 7.12. The summed E-state index contributed by atoms with van der Waals surface area (Å²) in [4.78, 5) is 15.0. The van der Waals surface area contributed by atoms with Gasteiger partial charge in [-0.25, -0.2) is 0 Å². The van der Waals surface area contributed by atoms with Crippen molar-refractivity contribution in [2.75, 3.05) is 0 Å². The molecule has 0 saturated carbocycles. The molecule has 0 amide bonds. The minimum atomic E-state index is -1.44. The van der Waals surface area contributed by atoms with Gasteiger partial charge < -0.3 is 9.90 Å². The van der Waals surface area contributed by atoms with Crippen molar-refractivity contribution >= 4 is 23.4 Å². The van der Waals surface area contributed by atoms with Gasteiger partial charge >= 0.3 is 0 Å². The van der Waals surface area contributed by atoms with Crippen molar-refractivity contribution in [2.24, 2.45) is 5.11 Å². The fraction of sp³-hybridized carbons (Fsp3) is 0.125. The van der Waals surface area contributed by atoms with Gasteiger partial charge in [0.1, 0.15) is 5.53 Å². The molecule has 0 saturated heterocycles. The monoisotopic (exact) mass is 209 g/mol. The molecule has 6 heteroatoms. The zero-order chi connectivity index (χ0) is 10.6. The van der Waals surface area contributed by atoms with Gasteiger partial charge in [0, 0.05) is 9.75 Å². The Kier molecular flexibility index (Phi) is 3.28. The Morgan fingerprint density at radius 1 is 1.71 bits per heavy atom. The van der Waals surface area contributed by atoms with Crippen molar-refractivity contribution in [1.82, 2.24) is 4.91 Å². The van der Waals surface area contributed by atoms with Crippen LogP contribution in [0.25, 0.3) is 6.08 Å². The van der Waals surface area contributed by atoms with Crippen molar-refractivity contribution < 1.29 is 9.90 Å². The SMILES string of the molecule is Cc1ccc(C=C(N=[N+]=N)C(=O)[O-])s1. The van der Waals surface area contributed by atoms with E-state index in [4.69, 9.17) is 5.53 Å². The standard InChI is InChI=1S/C8H7N3O2S/c1-5-2-3-6(14-5)4-7(8(12)13)10-11-9/h2-4,9H,1H3. The normalized spacial score (nSPS) is 10.8. The molecule has 0 unspecified atom stereocenters. The number of aliphatic carboxylic acids is 1. The lowest BCUT2D eigenvalue weighted by atomic mass is 10.3. The summed E-state index contributed by atoms with van der Waals surface area (Å²) >= 11 is 1.43. The number of hydrogen-bond acceptors (Lipinski definition) is 5. The van der Waals surface area contributed by atoms with Crippen LogP contribution in [-0.4, -0.2) is 5.97 Å². The van der Waals surface area contributed by atoms with Crippen molar-refractivity contribution in [1.29, 1.82) is 5.53 Å². The molecule has 14 heavy (non-hydrogen) atoms. The van der Waals surface area contributed by atoms with Gasteiger partial charge in [0.25, 0.3) is 0 Å². The van der Waals surface area contributed by atoms with E-state index < -0.39 is 5.97 Å². The van der Waals surface area contributed by atoms with Crippen LogP contribution in [0.15, 0.2) is 22.9 Å². The first-order valence-corrected chi connectivity index (χ1v) is 4.52. The van der Waals surface area contributed by atoms with Crippen molar-refractivity contribution in [3.63, 3.8) is 0 Å². The predicted molar refractivity (Wildman–Crippen MR) is 49.3 cm³/mol. The fourth-order valence-corrected chi connectivity index (χ4v) is 1.66. The molecule has 1 N–H and O–H groups in total. The zero-order valence-electron chi connectivity index (χ0n) is 7.35. The number of carbonyl (C=O) groups excluding carboxylic acids is 1. The summed E-state index contributed by atoms with van der Waals surface area (Å²) in [6, 6.07) is 3.63. The summed E-state index contributed by atoms with van der Waals surface area (Å²) in [6.45, 7) is 1.91. The summed E-state index contributed by atoms with van der Waals surface area (Å²) in [6.07, 6.45) is 1.32. The van der Waals surface area contributed by atoms with Crippen LogP contribution in [-0.2, 0) is 4.79 Å². The van der Waals surface area contributed by atoms with Gasteiger partial charge in [-0.3, -0.25) is 0 Å². The first-order valence-electron chi connectivity index (χ1n) is 3.70. The molecule has 1 rings (SSSR count). The number of hydrogen-bond donors (Lipinski definition) is 1. The van der Waals surface area contributed by atoms with Crippen LogP contribution in [0.4, 0.5) is 0 Å². The highest BCUT2D eigenvalue weighted by Gasteiger charge is 2.03. The van der Waals surface area contributed by atoms with Crippen LogP contribution >= 0.6 is 11.3 Å². The van der Waals surface area contributed by atoms with Crippen LogP contribution in [0.1, 0.15) is 9.75 Å². The van der Waals surface area contributed by atoms with Gasteiger partial charge in [0.2, 0.25) is 4.91 Å². The topological polar surface area (TPSA) is 90.4 Å². The summed E-state index contributed by atoms with van der Waals surface area (Å²) in [7, 11) is 0. The average molecular weight is 209 g/mol. The second-order valence-corrected chi connectivity index (χ2v) is 3.78. The second-order valence-electron chi connectivity index (χ2n) is 2.47. The smallest absolute Gasteiger partial charge is 0.220 e. The van der Waals surface area contributed by atoms with Gasteiger partial charge in [-0.05, 0) is 25.1 Å². The minimum Gasteiger partial charge on any atom is -0.543 e. The van der Waals surface area contributed by atoms with E-state index in [0.717, 1.165) is 9.75 Å². The molecule has 0 bridgehead atoms. The largest absolute Gasteiger partial charge is 0.543 e. The van der Waals surface area contributed by atoms with Crippen LogP contribution in [0.2, 0.25) is 0 Å². The number of nitrogens with zero attached hydrogens (tertiary/aromatic N) is 2. The van der Waals surface area contributed by atoms with E-state index in [1.807, 2.05) is 13.0 Å². The number of rotatable bonds is 3. The first kappa shape index (κ1) is 10.3. The van der Waals surface area contributed by atoms with Gasteiger partial charge in [-0.1, -0.05) is 0 Å². The Hall–Kier alpha value is -1.78. The van der Waals surface area contributed by atoms with Crippen molar-refractivity contribution in [3.8, 4) is 0 Å². The van der Waals surface area contributed by atoms with Gasteiger partial charge in [-0.2, -0.15) is 0 Å². The highest BCUT2D eigenvalue weighted by atomic mass is 32.1. The van der Waals surface area contributed by atoms with Crippen LogP contribution in [0.3, 0.4) is 0 Å². The molecule has 0 aliphatic carbocycles. The third-order valence-electron chi connectivity index (χ3n) is 1.41. The number of carboxylic acid groups (broad SMARTS) is 1. The molecule has 0 spiro atoms. The Morgan fingerprint density at radius 3 is 2.86 bits per heavy atom. The lowest BCUT2D eigenvalue weighted by molar-refractivity contribution is -0.299. The van der Waals surface area contributed by atoms with Gasteiger partial charge in [0.15, 0.2) is 10.8 Å². The van der Waals surface area contributed by atoms with Gasteiger partial charge in [0.05, 0.1) is 5.97 Å². The number of carbonyl (C=O) groups is 1. The van der Waals surface area contributed by atoms with E-state index in [0.29, 0.717) is 0 Å². The van der Waals surface area contributed by atoms with Crippen LogP contribution in [0.5, 0.6) is 0 Å². The van der Waals surface area contributed by atoms with E-state index in [1.54, 1.807) is 6.07 Å². The number of aryl methyl sites for hydroxylation is 1. The van der Waals surface area contributed by atoms with Crippen LogP contribution in [0, 0.1) is 12.5 Å². The van der Waals surface area contributed by atoms with Crippen LogP contribution < -0.4 is 10.0 Å². The molecule has 5 nitrogen and oxygen atoms in total. The number of carboxylic acids is 1. The average Bonchev–Trinajstić information content (AvgIpc) is 2.50. The maximum absolute atomic E-state index is 10.5. The Morgan fingerprint density at radius 2 is 2.43 bits per heavy atom. The first-order chi connectivity index (χ1) is 6.63. The van der Waals surface area contributed by atoms with E-state index in [2.05, 4.69) is 10.0 Å². The Balaban J connectivity index is 3.04. The Labute approximate surface area is 83.9 Å². The molecule has 72 valence electrons. The number of nitrogens with one attached hydrogen (secondary N) is 1. The van der Waals surface area contributed by atoms with Gasteiger partial charge in [-0.15, -0.1) is 11.3 Å². The maximum Gasteiger partial charge on any atom is 0.220 e. The second kappa shape index (κ2) is 4.45. The fourth-order valence-electron chi connectivity index (χ4n) is 0.848. The van der Waals surface area contributed by atoms with E-state index in [-0.39, 0.29) is 5.70 Å². The van der Waals surface area contributed by atoms with E-state index in [9.17, 15) is 9.90 Å². The molecular weight excluding hydrogens is 202 g/mol. The molecule has 0 aliphatic rings. The zero-order valence-corrected chi connectivity index (χ0v) is 8.17. The molecule has 0 atom stereocenters. The number of thiophene rings is 1.